The Balaban J connectivity index is 2.65. The maximum Gasteiger partial charge on any atom is 0.329 e. The molecule has 1 aromatic carbocycles. The SMILES string of the molecule is NNOC(=O)CCOc1cccc(F)c1C(N)=O. The second-order valence-corrected chi connectivity index (χ2v) is 3.17. The largest absolute Gasteiger partial charge is 0.492 e. The van der Waals surface area contributed by atoms with E-state index in [0.29, 0.717) is 0 Å². The molecule has 0 spiro atoms. The van der Waals surface area contributed by atoms with E-state index in [4.69, 9.17) is 16.3 Å². The van der Waals surface area contributed by atoms with Crippen LogP contribution in [-0.2, 0) is 9.63 Å². The van der Waals surface area contributed by atoms with Crippen molar-refractivity contribution in [2.45, 2.75) is 6.42 Å². The van der Waals surface area contributed by atoms with Gasteiger partial charge in [-0.3, -0.25) is 9.59 Å². The third-order valence-corrected chi connectivity index (χ3v) is 1.96. The summed E-state index contributed by atoms with van der Waals surface area (Å²) in [7, 11) is 0. The molecule has 18 heavy (non-hydrogen) atoms. The summed E-state index contributed by atoms with van der Waals surface area (Å²) in [5, 5.41) is 0. The predicted molar refractivity (Wildman–Crippen MR) is 58.4 cm³/mol. The molecule has 1 aromatic rings. The molecule has 98 valence electrons. The summed E-state index contributed by atoms with van der Waals surface area (Å²) >= 11 is 0. The molecule has 0 unspecified atom stereocenters. The van der Waals surface area contributed by atoms with Crippen molar-refractivity contribution in [3.8, 4) is 5.75 Å². The Morgan fingerprint density at radius 2 is 2.11 bits per heavy atom. The van der Waals surface area contributed by atoms with Gasteiger partial charge in [-0.15, -0.1) is 0 Å². The van der Waals surface area contributed by atoms with Gasteiger partial charge < -0.3 is 15.3 Å². The molecular weight excluding hydrogens is 245 g/mol. The molecule has 0 aliphatic carbocycles. The molecule has 1 amide bonds. The number of nitrogens with one attached hydrogen (secondary N) is 1. The number of benzene rings is 1. The van der Waals surface area contributed by atoms with Gasteiger partial charge in [0, 0.05) is 0 Å². The number of halogens is 1. The molecule has 0 heterocycles. The lowest BCUT2D eigenvalue weighted by Crippen LogP contribution is -2.27. The van der Waals surface area contributed by atoms with Crippen LogP contribution in [0.1, 0.15) is 16.8 Å². The number of primary amides is 1. The molecule has 0 saturated heterocycles. The summed E-state index contributed by atoms with van der Waals surface area (Å²) in [6, 6.07) is 3.81. The highest BCUT2D eigenvalue weighted by molar-refractivity contribution is 5.95. The maximum absolute atomic E-state index is 13.3. The van der Waals surface area contributed by atoms with Gasteiger partial charge in [0.1, 0.15) is 17.1 Å². The van der Waals surface area contributed by atoms with E-state index in [1.54, 1.807) is 5.59 Å². The highest BCUT2D eigenvalue weighted by Gasteiger charge is 2.15. The molecule has 0 aliphatic heterocycles. The van der Waals surface area contributed by atoms with Gasteiger partial charge in [-0.05, 0) is 12.1 Å². The number of carbonyl (C=O) groups excluding carboxylic acids is 2. The minimum Gasteiger partial charge on any atom is -0.492 e. The Kier molecular flexibility index (Phi) is 5.03. The van der Waals surface area contributed by atoms with Crippen LogP contribution >= 0.6 is 0 Å². The minimum atomic E-state index is -0.950. The Bertz CT molecular complexity index is 453. The molecule has 0 fully saturated rings. The molecule has 0 aromatic heterocycles. The van der Waals surface area contributed by atoms with Crippen molar-refractivity contribution in [2.75, 3.05) is 6.61 Å². The fraction of sp³-hybridized carbons (Fsp3) is 0.200. The number of amides is 1. The van der Waals surface area contributed by atoms with Crippen molar-refractivity contribution in [1.82, 2.24) is 5.59 Å². The Morgan fingerprint density at radius 3 is 2.72 bits per heavy atom. The molecule has 0 bridgehead atoms. The summed E-state index contributed by atoms with van der Waals surface area (Å²) in [6.45, 7) is -0.107. The number of carbonyl (C=O) groups is 2. The third-order valence-electron chi connectivity index (χ3n) is 1.96. The summed E-state index contributed by atoms with van der Waals surface area (Å²) < 4.78 is 18.4. The van der Waals surface area contributed by atoms with E-state index in [-0.39, 0.29) is 24.3 Å². The lowest BCUT2D eigenvalue weighted by Gasteiger charge is -2.09. The molecule has 0 radical (unpaired) electrons. The highest BCUT2D eigenvalue weighted by atomic mass is 19.1. The first-order valence-corrected chi connectivity index (χ1v) is 4.92. The standard InChI is InChI=1S/C10H12FN3O4/c11-6-2-1-3-7(9(6)10(12)16)17-5-4-8(15)18-14-13/h1-3,14H,4-5,13H2,(H2,12,16). The normalized spacial score (nSPS) is 9.89. The summed E-state index contributed by atoms with van der Waals surface area (Å²) in [5.74, 6) is 2.33. The predicted octanol–water partition coefficient (Wildman–Crippen LogP) is -0.385. The van der Waals surface area contributed by atoms with Crippen LogP contribution in [-0.4, -0.2) is 18.5 Å². The summed E-state index contributed by atoms with van der Waals surface area (Å²) in [4.78, 5) is 26.2. The van der Waals surface area contributed by atoms with Crippen molar-refractivity contribution in [3.05, 3.63) is 29.6 Å². The zero-order valence-electron chi connectivity index (χ0n) is 9.31. The quantitative estimate of drug-likeness (QED) is 0.472. The zero-order chi connectivity index (χ0) is 13.5. The smallest absolute Gasteiger partial charge is 0.329 e. The molecule has 0 aliphatic rings. The number of hydrogen-bond acceptors (Lipinski definition) is 6. The van der Waals surface area contributed by atoms with Gasteiger partial charge in [0.2, 0.25) is 0 Å². The Hall–Kier alpha value is -2.19. The van der Waals surface area contributed by atoms with Crippen molar-refractivity contribution in [3.63, 3.8) is 0 Å². The lowest BCUT2D eigenvalue weighted by atomic mass is 10.2. The first-order valence-electron chi connectivity index (χ1n) is 4.92. The van der Waals surface area contributed by atoms with E-state index in [1.165, 1.54) is 12.1 Å². The number of rotatable bonds is 6. The number of ether oxygens (including phenoxy) is 1. The third kappa shape index (κ3) is 3.68. The van der Waals surface area contributed by atoms with E-state index in [9.17, 15) is 14.0 Å². The summed E-state index contributed by atoms with van der Waals surface area (Å²) in [5.41, 5.74) is 6.37. The van der Waals surface area contributed by atoms with Gasteiger partial charge in [0.05, 0.1) is 13.0 Å². The average Bonchev–Trinajstić information content (AvgIpc) is 2.28. The number of hydrogen-bond donors (Lipinski definition) is 3. The Morgan fingerprint density at radius 1 is 1.39 bits per heavy atom. The molecular formula is C10H12FN3O4. The van der Waals surface area contributed by atoms with Gasteiger partial charge in [-0.25, -0.2) is 10.2 Å². The van der Waals surface area contributed by atoms with E-state index >= 15 is 0 Å². The van der Waals surface area contributed by atoms with Crippen LogP contribution < -0.4 is 21.9 Å². The van der Waals surface area contributed by atoms with Gasteiger partial charge in [0.15, 0.2) is 0 Å². The van der Waals surface area contributed by atoms with Gasteiger partial charge in [0.25, 0.3) is 5.91 Å². The van der Waals surface area contributed by atoms with E-state index in [0.717, 1.165) is 6.07 Å². The molecule has 5 N–H and O–H groups in total. The Labute approximate surface area is 102 Å². The molecule has 0 saturated carbocycles. The monoisotopic (exact) mass is 257 g/mol. The maximum atomic E-state index is 13.3. The van der Waals surface area contributed by atoms with Crippen LogP contribution in [0, 0.1) is 5.82 Å². The van der Waals surface area contributed by atoms with Crippen LogP contribution in [0.5, 0.6) is 5.75 Å². The second-order valence-electron chi connectivity index (χ2n) is 3.17. The van der Waals surface area contributed by atoms with Gasteiger partial charge in [-0.2, -0.15) is 0 Å². The number of nitrogens with two attached hydrogens (primary N) is 2. The van der Waals surface area contributed by atoms with E-state index in [2.05, 4.69) is 4.84 Å². The summed E-state index contributed by atoms with van der Waals surface area (Å²) in [6.07, 6.45) is -0.126. The van der Waals surface area contributed by atoms with Gasteiger partial charge >= 0.3 is 5.97 Å². The minimum absolute atomic E-state index is 0.0315. The number of hydrazine groups is 1. The fourth-order valence-electron chi connectivity index (χ4n) is 1.22. The van der Waals surface area contributed by atoms with E-state index < -0.39 is 17.7 Å². The lowest BCUT2D eigenvalue weighted by molar-refractivity contribution is -0.151. The molecule has 8 heteroatoms. The topological polar surface area (TPSA) is 117 Å². The van der Waals surface area contributed by atoms with Gasteiger partial charge in [-0.1, -0.05) is 11.7 Å². The molecule has 1 rings (SSSR count). The first-order chi connectivity index (χ1) is 8.56. The zero-order valence-corrected chi connectivity index (χ0v) is 9.31. The molecule has 0 atom stereocenters. The first kappa shape index (κ1) is 13.9. The average molecular weight is 257 g/mol. The highest BCUT2D eigenvalue weighted by Crippen LogP contribution is 2.20. The van der Waals surface area contributed by atoms with E-state index in [1.807, 2.05) is 0 Å². The van der Waals surface area contributed by atoms with Crippen LogP contribution in [0.15, 0.2) is 18.2 Å². The second kappa shape index (κ2) is 6.52. The van der Waals surface area contributed by atoms with Crippen molar-refractivity contribution < 1.29 is 23.6 Å². The van der Waals surface area contributed by atoms with Crippen LogP contribution in [0.3, 0.4) is 0 Å². The van der Waals surface area contributed by atoms with Crippen LogP contribution in [0.2, 0.25) is 0 Å². The van der Waals surface area contributed by atoms with Crippen LogP contribution in [0.25, 0.3) is 0 Å². The van der Waals surface area contributed by atoms with Crippen LogP contribution in [0.4, 0.5) is 4.39 Å². The molecule has 7 nitrogen and oxygen atoms in total. The van der Waals surface area contributed by atoms with Crippen molar-refractivity contribution >= 4 is 11.9 Å². The van der Waals surface area contributed by atoms with Crippen molar-refractivity contribution in [2.24, 2.45) is 11.6 Å². The van der Waals surface area contributed by atoms with Crippen molar-refractivity contribution in [1.29, 1.82) is 0 Å². The fourth-order valence-corrected chi connectivity index (χ4v) is 1.22.